The van der Waals surface area contributed by atoms with Crippen LogP contribution in [0.5, 0.6) is 11.5 Å². The molecule has 0 fully saturated rings. The van der Waals surface area contributed by atoms with Crippen molar-refractivity contribution >= 4 is 22.5 Å². The van der Waals surface area contributed by atoms with Gasteiger partial charge in [0.05, 0.1) is 20.6 Å². The van der Waals surface area contributed by atoms with E-state index in [1.54, 1.807) is 14.2 Å². The van der Waals surface area contributed by atoms with Crippen molar-refractivity contribution in [2.75, 3.05) is 19.5 Å². The summed E-state index contributed by atoms with van der Waals surface area (Å²) in [6, 6.07) is 20.1. The quantitative estimate of drug-likeness (QED) is 0.423. The number of carbonyl (C=O) groups excluding carboxylic acids is 1. The number of benzene rings is 3. The lowest BCUT2D eigenvalue weighted by Crippen LogP contribution is -2.16. The van der Waals surface area contributed by atoms with E-state index in [0.29, 0.717) is 13.0 Å². The average molecular weight is 429 g/mol. The maximum Gasteiger partial charge on any atom is 0.228 e. The highest BCUT2D eigenvalue weighted by atomic mass is 16.5. The Morgan fingerprint density at radius 3 is 2.22 bits per heavy atom. The number of ether oxygens (including phenoxy) is 2. The molecule has 0 bridgehead atoms. The van der Waals surface area contributed by atoms with Crippen molar-refractivity contribution < 1.29 is 14.3 Å². The summed E-state index contributed by atoms with van der Waals surface area (Å²) in [6.45, 7) is 4.67. The highest BCUT2D eigenvalue weighted by Gasteiger charge is 2.14. The van der Waals surface area contributed by atoms with E-state index in [-0.39, 0.29) is 5.91 Å². The monoisotopic (exact) mass is 428 g/mol. The van der Waals surface area contributed by atoms with E-state index in [0.717, 1.165) is 50.3 Å². The standard InChI is InChI=1S/C27H28N2O3/c1-18-8-7-9-19(2)27(18)28-26(30)14-21-17-29(25-11-6-5-10-24(21)25)16-20-12-22(31-3)15-23(13-20)32-4/h5-13,15,17H,14,16H2,1-4H3,(H,28,30). The number of para-hydroxylation sites is 2. The van der Waals surface area contributed by atoms with E-state index in [1.165, 1.54) is 0 Å². The highest BCUT2D eigenvalue weighted by molar-refractivity contribution is 5.97. The first-order chi connectivity index (χ1) is 15.5. The van der Waals surface area contributed by atoms with Gasteiger partial charge in [-0.15, -0.1) is 0 Å². The number of anilines is 1. The second kappa shape index (κ2) is 9.18. The molecule has 0 spiro atoms. The Balaban J connectivity index is 1.63. The molecule has 32 heavy (non-hydrogen) atoms. The van der Waals surface area contributed by atoms with E-state index in [1.807, 2.05) is 62.4 Å². The normalized spacial score (nSPS) is 10.9. The lowest BCUT2D eigenvalue weighted by atomic mass is 10.1. The van der Waals surface area contributed by atoms with Crippen molar-refractivity contribution in [2.45, 2.75) is 26.8 Å². The molecule has 1 aromatic heterocycles. The van der Waals surface area contributed by atoms with Gasteiger partial charge in [0.1, 0.15) is 11.5 Å². The zero-order valence-electron chi connectivity index (χ0n) is 18.9. The molecule has 0 radical (unpaired) electrons. The van der Waals surface area contributed by atoms with Gasteiger partial charge in [-0.05, 0) is 54.3 Å². The van der Waals surface area contributed by atoms with Gasteiger partial charge in [0.25, 0.3) is 0 Å². The molecule has 0 aliphatic heterocycles. The van der Waals surface area contributed by atoms with E-state index < -0.39 is 0 Å². The predicted octanol–water partition coefficient (Wildman–Crippen LogP) is 5.50. The van der Waals surface area contributed by atoms with Gasteiger partial charge < -0.3 is 19.4 Å². The van der Waals surface area contributed by atoms with Gasteiger partial charge >= 0.3 is 0 Å². The highest BCUT2D eigenvalue weighted by Crippen LogP contribution is 2.27. The lowest BCUT2D eigenvalue weighted by Gasteiger charge is -2.11. The number of aromatic nitrogens is 1. The number of nitrogens with one attached hydrogen (secondary N) is 1. The largest absolute Gasteiger partial charge is 0.497 e. The van der Waals surface area contributed by atoms with Crippen molar-refractivity contribution in [1.82, 2.24) is 4.57 Å². The minimum atomic E-state index is -0.0200. The Bertz CT molecular complexity index is 1230. The number of amides is 1. The zero-order valence-corrected chi connectivity index (χ0v) is 18.9. The number of fused-ring (bicyclic) bond motifs is 1. The summed E-state index contributed by atoms with van der Waals surface area (Å²) < 4.78 is 13.0. The van der Waals surface area contributed by atoms with Crippen LogP contribution in [-0.2, 0) is 17.8 Å². The summed E-state index contributed by atoms with van der Waals surface area (Å²) in [5, 5.41) is 4.18. The maximum absolute atomic E-state index is 12.9. The van der Waals surface area contributed by atoms with Crippen LogP contribution in [-0.4, -0.2) is 24.7 Å². The van der Waals surface area contributed by atoms with Gasteiger partial charge in [-0.25, -0.2) is 0 Å². The first kappa shape index (κ1) is 21.5. The molecule has 1 heterocycles. The summed E-state index contributed by atoms with van der Waals surface area (Å²) in [5.74, 6) is 1.49. The fourth-order valence-corrected chi connectivity index (χ4v) is 4.12. The summed E-state index contributed by atoms with van der Waals surface area (Å²) in [4.78, 5) is 12.9. The molecule has 5 nitrogen and oxygen atoms in total. The Morgan fingerprint density at radius 2 is 1.56 bits per heavy atom. The molecule has 0 saturated heterocycles. The number of aryl methyl sites for hydroxylation is 2. The number of nitrogens with zero attached hydrogens (tertiary/aromatic N) is 1. The molecule has 4 aromatic rings. The smallest absolute Gasteiger partial charge is 0.228 e. The number of methoxy groups -OCH3 is 2. The van der Waals surface area contributed by atoms with Gasteiger partial charge in [-0.2, -0.15) is 0 Å². The molecule has 5 heteroatoms. The molecule has 164 valence electrons. The molecule has 3 aromatic carbocycles. The topological polar surface area (TPSA) is 52.5 Å². The third kappa shape index (κ3) is 4.47. The molecule has 0 unspecified atom stereocenters. The number of carbonyl (C=O) groups is 1. The van der Waals surface area contributed by atoms with Gasteiger partial charge in [0.15, 0.2) is 0 Å². The Kier molecular flexibility index (Phi) is 6.17. The fourth-order valence-electron chi connectivity index (χ4n) is 4.12. The number of rotatable bonds is 7. The SMILES string of the molecule is COc1cc(Cn2cc(CC(=O)Nc3c(C)cccc3C)c3ccccc32)cc(OC)c1. The minimum Gasteiger partial charge on any atom is -0.497 e. The van der Waals surface area contributed by atoms with E-state index in [9.17, 15) is 4.79 Å². The maximum atomic E-state index is 12.9. The summed E-state index contributed by atoms with van der Waals surface area (Å²) in [6.07, 6.45) is 2.38. The Hall–Kier alpha value is -3.73. The predicted molar refractivity (Wildman–Crippen MR) is 129 cm³/mol. The molecule has 1 N–H and O–H groups in total. The van der Waals surface area contributed by atoms with Crippen LogP contribution >= 0.6 is 0 Å². The van der Waals surface area contributed by atoms with Crippen LogP contribution in [0.15, 0.2) is 66.9 Å². The summed E-state index contributed by atoms with van der Waals surface area (Å²) in [5.41, 5.74) is 6.17. The van der Waals surface area contributed by atoms with Gasteiger partial charge in [0.2, 0.25) is 5.91 Å². The molecule has 0 aliphatic carbocycles. The van der Waals surface area contributed by atoms with Crippen LogP contribution in [0.1, 0.15) is 22.3 Å². The molecule has 0 atom stereocenters. The summed E-state index contributed by atoms with van der Waals surface area (Å²) >= 11 is 0. The van der Waals surface area contributed by atoms with Crippen molar-refractivity contribution in [2.24, 2.45) is 0 Å². The van der Waals surface area contributed by atoms with Crippen LogP contribution in [0.3, 0.4) is 0 Å². The third-order valence-corrected chi connectivity index (χ3v) is 5.73. The Morgan fingerprint density at radius 1 is 0.906 bits per heavy atom. The lowest BCUT2D eigenvalue weighted by molar-refractivity contribution is -0.115. The summed E-state index contributed by atoms with van der Waals surface area (Å²) in [7, 11) is 3.30. The van der Waals surface area contributed by atoms with Crippen molar-refractivity contribution in [1.29, 1.82) is 0 Å². The number of hydrogen-bond acceptors (Lipinski definition) is 3. The minimum absolute atomic E-state index is 0.0200. The molecule has 4 rings (SSSR count). The van der Waals surface area contributed by atoms with Crippen molar-refractivity contribution in [3.05, 3.63) is 89.1 Å². The Labute approximate surface area is 188 Å². The zero-order chi connectivity index (χ0) is 22.7. The number of hydrogen-bond donors (Lipinski definition) is 1. The van der Waals surface area contributed by atoms with E-state index >= 15 is 0 Å². The van der Waals surface area contributed by atoms with Crippen LogP contribution in [0.25, 0.3) is 10.9 Å². The third-order valence-electron chi connectivity index (χ3n) is 5.73. The van der Waals surface area contributed by atoms with Crippen LogP contribution in [0.2, 0.25) is 0 Å². The second-order valence-corrected chi connectivity index (χ2v) is 8.01. The fraction of sp³-hybridized carbons (Fsp3) is 0.222. The molecular formula is C27H28N2O3. The van der Waals surface area contributed by atoms with Gasteiger partial charge in [-0.1, -0.05) is 36.4 Å². The van der Waals surface area contributed by atoms with Gasteiger partial charge in [-0.3, -0.25) is 4.79 Å². The molecule has 1 amide bonds. The molecule has 0 saturated carbocycles. The van der Waals surface area contributed by atoms with E-state index in [4.69, 9.17) is 9.47 Å². The molecule has 0 aliphatic rings. The van der Waals surface area contributed by atoms with Crippen LogP contribution in [0.4, 0.5) is 5.69 Å². The first-order valence-electron chi connectivity index (χ1n) is 10.6. The first-order valence-corrected chi connectivity index (χ1v) is 10.6. The van der Waals surface area contributed by atoms with Crippen molar-refractivity contribution in [3.8, 4) is 11.5 Å². The second-order valence-electron chi connectivity index (χ2n) is 8.01. The van der Waals surface area contributed by atoms with Gasteiger partial charge in [0, 0.05) is 35.4 Å². The molecular weight excluding hydrogens is 400 g/mol. The average Bonchev–Trinajstić information content (AvgIpc) is 3.13. The van der Waals surface area contributed by atoms with E-state index in [2.05, 4.69) is 28.2 Å². The van der Waals surface area contributed by atoms with Crippen molar-refractivity contribution in [3.63, 3.8) is 0 Å². The van der Waals surface area contributed by atoms with Crippen LogP contribution in [0, 0.1) is 13.8 Å². The van der Waals surface area contributed by atoms with Crippen LogP contribution < -0.4 is 14.8 Å².